The summed E-state index contributed by atoms with van der Waals surface area (Å²) in [6, 6.07) is 5.04. The Morgan fingerprint density at radius 3 is 2.59 bits per heavy atom. The van der Waals surface area contributed by atoms with Gasteiger partial charge in [0.15, 0.2) is 11.5 Å². The summed E-state index contributed by atoms with van der Waals surface area (Å²) in [5.74, 6) is 1.02. The van der Waals surface area contributed by atoms with Crippen molar-refractivity contribution in [2.24, 2.45) is 0 Å². The molecule has 0 unspecified atom stereocenters. The van der Waals surface area contributed by atoms with Crippen LogP contribution in [0.2, 0.25) is 0 Å². The van der Waals surface area contributed by atoms with Gasteiger partial charge < -0.3 is 14.8 Å². The van der Waals surface area contributed by atoms with Crippen molar-refractivity contribution in [2.45, 2.75) is 18.9 Å². The number of carbonyl (C=O) groups excluding carboxylic acids is 1. The van der Waals surface area contributed by atoms with E-state index in [1.54, 1.807) is 18.2 Å². The molecule has 1 amide bonds. The standard InChI is InChI=1S/C14H18N2O5S/c1-22(18,19)16-6-4-11(5-7-16)15-14(17)10-2-3-12-13(8-10)21-9-20-12/h2-3,8,11H,4-7,9H2,1H3,(H,15,17). The number of ether oxygens (including phenoxy) is 2. The second kappa shape index (κ2) is 5.77. The van der Waals surface area contributed by atoms with Gasteiger partial charge in [-0.05, 0) is 31.0 Å². The molecule has 0 spiro atoms. The lowest BCUT2D eigenvalue weighted by Crippen LogP contribution is -2.46. The molecule has 1 aromatic carbocycles. The van der Waals surface area contributed by atoms with Crippen LogP contribution in [-0.4, -0.2) is 50.8 Å². The van der Waals surface area contributed by atoms with E-state index in [0.717, 1.165) is 0 Å². The molecule has 1 aromatic rings. The van der Waals surface area contributed by atoms with Gasteiger partial charge in [0.25, 0.3) is 5.91 Å². The van der Waals surface area contributed by atoms with Crippen molar-refractivity contribution in [3.63, 3.8) is 0 Å². The molecule has 8 heteroatoms. The van der Waals surface area contributed by atoms with Gasteiger partial charge in [-0.2, -0.15) is 0 Å². The summed E-state index contributed by atoms with van der Waals surface area (Å²) in [6.07, 6.45) is 2.44. The quantitative estimate of drug-likeness (QED) is 0.878. The highest BCUT2D eigenvalue weighted by Gasteiger charge is 2.26. The van der Waals surface area contributed by atoms with Crippen molar-refractivity contribution in [1.82, 2.24) is 9.62 Å². The van der Waals surface area contributed by atoms with Crippen LogP contribution in [0.5, 0.6) is 11.5 Å². The third-order valence-electron chi connectivity index (χ3n) is 3.89. The predicted molar refractivity (Wildman–Crippen MR) is 79.5 cm³/mol. The second-order valence-electron chi connectivity index (χ2n) is 5.48. The third-order valence-corrected chi connectivity index (χ3v) is 5.20. The van der Waals surface area contributed by atoms with Crippen LogP contribution in [0.4, 0.5) is 0 Å². The molecule has 1 fully saturated rings. The van der Waals surface area contributed by atoms with E-state index < -0.39 is 10.0 Å². The van der Waals surface area contributed by atoms with E-state index in [-0.39, 0.29) is 18.7 Å². The first-order valence-corrected chi connectivity index (χ1v) is 8.94. The average Bonchev–Trinajstić information content (AvgIpc) is 2.94. The molecule has 120 valence electrons. The molecule has 2 aliphatic heterocycles. The van der Waals surface area contributed by atoms with Crippen LogP contribution in [0.15, 0.2) is 18.2 Å². The molecule has 0 bridgehead atoms. The Morgan fingerprint density at radius 2 is 1.91 bits per heavy atom. The van der Waals surface area contributed by atoms with Crippen molar-refractivity contribution in [3.05, 3.63) is 23.8 Å². The summed E-state index contributed by atoms with van der Waals surface area (Å²) in [4.78, 5) is 12.3. The van der Waals surface area contributed by atoms with Crippen molar-refractivity contribution in [1.29, 1.82) is 0 Å². The van der Waals surface area contributed by atoms with Gasteiger partial charge in [0.1, 0.15) is 0 Å². The molecule has 7 nitrogen and oxygen atoms in total. The molecular weight excluding hydrogens is 308 g/mol. The maximum Gasteiger partial charge on any atom is 0.251 e. The highest BCUT2D eigenvalue weighted by atomic mass is 32.2. The first kappa shape index (κ1) is 15.1. The lowest BCUT2D eigenvalue weighted by atomic mass is 10.1. The molecular formula is C14H18N2O5S. The molecule has 22 heavy (non-hydrogen) atoms. The fourth-order valence-electron chi connectivity index (χ4n) is 2.64. The van der Waals surface area contributed by atoms with E-state index in [0.29, 0.717) is 43.0 Å². The largest absolute Gasteiger partial charge is 0.454 e. The van der Waals surface area contributed by atoms with Crippen LogP contribution >= 0.6 is 0 Å². The van der Waals surface area contributed by atoms with E-state index in [2.05, 4.69) is 5.32 Å². The Kier molecular flexibility index (Phi) is 3.96. The summed E-state index contributed by atoms with van der Waals surface area (Å²) in [5, 5.41) is 2.94. The molecule has 0 atom stereocenters. The first-order chi connectivity index (χ1) is 10.4. The molecule has 0 radical (unpaired) electrons. The number of fused-ring (bicyclic) bond motifs is 1. The van der Waals surface area contributed by atoms with Crippen LogP contribution in [0.3, 0.4) is 0 Å². The summed E-state index contributed by atoms with van der Waals surface area (Å²) in [5.41, 5.74) is 0.509. The molecule has 2 aliphatic rings. The van der Waals surface area contributed by atoms with E-state index in [4.69, 9.17) is 9.47 Å². The Balaban J connectivity index is 1.59. The second-order valence-corrected chi connectivity index (χ2v) is 7.46. The monoisotopic (exact) mass is 326 g/mol. The van der Waals surface area contributed by atoms with Gasteiger partial charge in [-0.25, -0.2) is 12.7 Å². The van der Waals surface area contributed by atoms with E-state index in [1.165, 1.54) is 10.6 Å². The van der Waals surface area contributed by atoms with Gasteiger partial charge in [0, 0.05) is 24.7 Å². The molecule has 3 rings (SSSR count). The van der Waals surface area contributed by atoms with E-state index in [9.17, 15) is 13.2 Å². The number of carbonyl (C=O) groups is 1. The third kappa shape index (κ3) is 3.17. The van der Waals surface area contributed by atoms with Gasteiger partial charge in [-0.1, -0.05) is 0 Å². The Hall–Kier alpha value is -1.80. The average molecular weight is 326 g/mol. The highest BCUT2D eigenvalue weighted by Crippen LogP contribution is 2.32. The lowest BCUT2D eigenvalue weighted by Gasteiger charge is -2.30. The minimum Gasteiger partial charge on any atom is -0.454 e. The first-order valence-electron chi connectivity index (χ1n) is 7.09. The van der Waals surface area contributed by atoms with Crippen molar-refractivity contribution < 1.29 is 22.7 Å². The molecule has 0 aliphatic carbocycles. The minimum absolute atomic E-state index is 0.0177. The fraction of sp³-hybridized carbons (Fsp3) is 0.500. The van der Waals surface area contributed by atoms with Crippen LogP contribution in [0.25, 0.3) is 0 Å². The summed E-state index contributed by atoms with van der Waals surface area (Å²) in [7, 11) is -3.15. The molecule has 1 N–H and O–H groups in total. The van der Waals surface area contributed by atoms with E-state index >= 15 is 0 Å². The number of piperidine rings is 1. The normalized spacial score (nSPS) is 19.1. The van der Waals surface area contributed by atoms with Crippen molar-refractivity contribution in [3.8, 4) is 11.5 Å². The zero-order valence-electron chi connectivity index (χ0n) is 12.2. The molecule has 0 saturated carbocycles. The molecule has 0 aromatic heterocycles. The van der Waals surface area contributed by atoms with Crippen LogP contribution in [-0.2, 0) is 10.0 Å². The number of hydrogen-bond acceptors (Lipinski definition) is 5. The van der Waals surface area contributed by atoms with Gasteiger partial charge in [0.2, 0.25) is 16.8 Å². The summed E-state index contributed by atoms with van der Waals surface area (Å²) < 4.78 is 34.8. The van der Waals surface area contributed by atoms with E-state index in [1.807, 2.05) is 0 Å². The van der Waals surface area contributed by atoms with Gasteiger partial charge in [0.05, 0.1) is 6.26 Å². The number of nitrogens with one attached hydrogen (secondary N) is 1. The molecule has 1 saturated heterocycles. The van der Waals surface area contributed by atoms with Gasteiger partial charge >= 0.3 is 0 Å². The highest BCUT2D eigenvalue weighted by molar-refractivity contribution is 7.88. The minimum atomic E-state index is -3.15. The summed E-state index contributed by atoms with van der Waals surface area (Å²) in [6.45, 7) is 1.04. The fourth-order valence-corrected chi connectivity index (χ4v) is 3.51. The number of benzene rings is 1. The zero-order valence-corrected chi connectivity index (χ0v) is 13.1. The van der Waals surface area contributed by atoms with Crippen LogP contribution < -0.4 is 14.8 Å². The Bertz CT molecular complexity index is 680. The zero-order chi connectivity index (χ0) is 15.7. The van der Waals surface area contributed by atoms with Gasteiger partial charge in [-0.15, -0.1) is 0 Å². The Morgan fingerprint density at radius 1 is 1.23 bits per heavy atom. The number of amides is 1. The number of rotatable bonds is 3. The van der Waals surface area contributed by atoms with Crippen LogP contribution in [0.1, 0.15) is 23.2 Å². The SMILES string of the molecule is CS(=O)(=O)N1CCC(NC(=O)c2ccc3c(c2)OCO3)CC1. The number of hydrogen-bond donors (Lipinski definition) is 1. The topological polar surface area (TPSA) is 84.9 Å². The Labute approximate surface area is 129 Å². The van der Waals surface area contributed by atoms with Crippen LogP contribution in [0, 0.1) is 0 Å². The van der Waals surface area contributed by atoms with Crippen molar-refractivity contribution in [2.75, 3.05) is 26.1 Å². The number of sulfonamides is 1. The number of nitrogens with zero attached hydrogens (tertiary/aromatic N) is 1. The lowest BCUT2D eigenvalue weighted by molar-refractivity contribution is 0.0923. The molecule has 2 heterocycles. The van der Waals surface area contributed by atoms with Crippen molar-refractivity contribution >= 4 is 15.9 Å². The maximum atomic E-state index is 12.3. The summed E-state index contributed by atoms with van der Waals surface area (Å²) >= 11 is 0. The predicted octanol–water partition coefficient (Wildman–Crippen LogP) is 0.569. The smallest absolute Gasteiger partial charge is 0.251 e. The maximum absolute atomic E-state index is 12.3. The van der Waals surface area contributed by atoms with Gasteiger partial charge in [-0.3, -0.25) is 4.79 Å².